The van der Waals surface area contributed by atoms with Gasteiger partial charge in [0.1, 0.15) is 0 Å². The minimum atomic E-state index is 0.287. The van der Waals surface area contributed by atoms with E-state index in [4.69, 9.17) is 5.73 Å². The molecule has 1 fully saturated rings. The maximum Gasteiger partial charge on any atom is 0.227 e. The number of carbonyl (C=O) groups excluding carboxylic acids is 1. The van der Waals surface area contributed by atoms with Gasteiger partial charge in [0.2, 0.25) is 5.91 Å². The van der Waals surface area contributed by atoms with Gasteiger partial charge in [-0.1, -0.05) is 44.7 Å². The summed E-state index contributed by atoms with van der Waals surface area (Å²) >= 11 is 0. The zero-order chi connectivity index (χ0) is 15.1. The van der Waals surface area contributed by atoms with E-state index in [0.29, 0.717) is 19.0 Å². The van der Waals surface area contributed by atoms with Gasteiger partial charge in [-0.15, -0.1) is 0 Å². The first kappa shape index (κ1) is 16.0. The molecular formula is C18H28N2O. The van der Waals surface area contributed by atoms with Crippen LogP contribution in [-0.4, -0.2) is 11.9 Å². The van der Waals surface area contributed by atoms with Crippen LogP contribution in [0.15, 0.2) is 24.3 Å². The van der Waals surface area contributed by atoms with Gasteiger partial charge < -0.3 is 10.6 Å². The van der Waals surface area contributed by atoms with Gasteiger partial charge in [-0.3, -0.25) is 4.79 Å². The molecule has 116 valence electrons. The molecule has 0 spiro atoms. The molecule has 21 heavy (non-hydrogen) atoms. The molecule has 1 amide bonds. The average molecular weight is 288 g/mol. The monoisotopic (exact) mass is 288 g/mol. The Balaban J connectivity index is 1.90. The van der Waals surface area contributed by atoms with Crippen LogP contribution in [0.3, 0.4) is 0 Å². The first-order valence-corrected chi connectivity index (χ1v) is 8.37. The van der Waals surface area contributed by atoms with Gasteiger partial charge in [-0.05, 0) is 37.0 Å². The highest BCUT2D eigenvalue weighted by atomic mass is 16.2. The van der Waals surface area contributed by atoms with Crippen molar-refractivity contribution < 1.29 is 4.79 Å². The lowest BCUT2D eigenvalue weighted by Crippen LogP contribution is -2.32. The third-order valence-electron chi connectivity index (χ3n) is 4.13. The Kier molecular flexibility index (Phi) is 6.24. The largest absolute Gasteiger partial charge is 0.326 e. The van der Waals surface area contributed by atoms with Crippen molar-refractivity contribution in [2.24, 2.45) is 5.73 Å². The van der Waals surface area contributed by atoms with E-state index in [1.807, 2.05) is 29.2 Å². The Morgan fingerprint density at radius 1 is 1.14 bits per heavy atom. The molecule has 0 bridgehead atoms. The molecule has 3 heteroatoms. The number of benzene rings is 1. The van der Waals surface area contributed by atoms with Crippen molar-refractivity contribution in [2.75, 3.05) is 4.90 Å². The number of hydrogen-bond donors (Lipinski definition) is 1. The molecule has 3 nitrogen and oxygen atoms in total. The standard InChI is InChI=1S/C18H28N2O/c1-2-3-4-5-6-7-18(21)20(17-12-13-17)16-10-8-15(14-19)9-11-16/h8-11,17H,2-7,12-14,19H2,1H3. The number of hydrogen-bond acceptors (Lipinski definition) is 2. The second-order valence-electron chi connectivity index (χ2n) is 6.03. The van der Waals surface area contributed by atoms with E-state index >= 15 is 0 Å². The summed E-state index contributed by atoms with van der Waals surface area (Å²) in [6.07, 6.45) is 8.92. The fraction of sp³-hybridized carbons (Fsp3) is 0.611. The summed E-state index contributed by atoms with van der Waals surface area (Å²) in [5.74, 6) is 0.287. The topological polar surface area (TPSA) is 46.3 Å². The van der Waals surface area contributed by atoms with E-state index < -0.39 is 0 Å². The van der Waals surface area contributed by atoms with Gasteiger partial charge >= 0.3 is 0 Å². The normalized spacial score (nSPS) is 14.2. The van der Waals surface area contributed by atoms with Crippen LogP contribution >= 0.6 is 0 Å². The molecule has 0 aliphatic heterocycles. The van der Waals surface area contributed by atoms with Crippen molar-refractivity contribution in [3.63, 3.8) is 0 Å². The maximum absolute atomic E-state index is 12.5. The highest BCUT2D eigenvalue weighted by molar-refractivity contribution is 5.94. The van der Waals surface area contributed by atoms with E-state index in [1.165, 1.54) is 25.7 Å². The van der Waals surface area contributed by atoms with Gasteiger partial charge in [0, 0.05) is 24.7 Å². The molecule has 0 radical (unpaired) electrons. The fourth-order valence-corrected chi connectivity index (χ4v) is 2.68. The van der Waals surface area contributed by atoms with Crippen LogP contribution in [0, 0.1) is 0 Å². The molecule has 0 unspecified atom stereocenters. The van der Waals surface area contributed by atoms with Crippen LogP contribution in [0.4, 0.5) is 5.69 Å². The van der Waals surface area contributed by atoms with Crippen molar-refractivity contribution in [1.29, 1.82) is 0 Å². The highest BCUT2D eigenvalue weighted by Gasteiger charge is 2.33. The van der Waals surface area contributed by atoms with E-state index in [0.717, 1.165) is 30.5 Å². The van der Waals surface area contributed by atoms with E-state index in [9.17, 15) is 4.79 Å². The van der Waals surface area contributed by atoms with Crippen molar-refractivity contribution >= 4 is 11.6 Å². The lowest BCUT2D eigenvalue weighted by molar-refractivity contribution is -0.118. The number of unbranched alkanes of at least 4 members (excludes halogenated alkanes) is 4. The van der Waals surface area contributed by atoms with E-state index in [-0.39, 0.29) is 5.91 Å². The van der Waals surface area contributed by atoms with Crippen LogP contribution in [0.2, 0.25) is 0 Å². The van der Waals surface area contributed by atoms with Crippen LogP contribution in [-0.2, 0) is 11.3 Å². The first-order valence-electron chi connectivity index (χ1n) is 8.37. The van der Waals surface area contributed by atoms with Crippen molar-refractivity contribution in [1.82, 2.24) is 0 Å². The van der Waals surface area contributed by atoms with Gasteiger partial charge in [0.15, 0.2) is 0 Å². The third kappa shape index (κ3) is 4.85. The molecule has 0 saturated heterocycles. The number of nitrogens with zero attached hydrogens (tertiary/aromatic N) is 1. The maximum atomic E-state index is 12.5. The number of amides is 1. The van der Waals surface area contributed by atoms with Crippen LogP contribution in [0.1, 0.15) is 63.9 Å². The number of anilines is 1. The average Bonchev–Trinajstić information content (AvgIpc) is 3.33. The first-order chi connectivity index (χ1) is 10.3. The van der Waals surface area contributed by atoms with Crippen molar-refractivity contribution in [2.45, 2.75) is 70.9 Å². The Morgan fingerprint density at radius 2 is 1.81 bits per heavy atom. The van der Waals surface area contributed by atoms with E-state index in [2.05, 4.69) is 6.92 Å². The molecule has 0 atom stereocenters. The summed E-state index contributed by atoms with van der Waals surface area (Å²) < 4.78 is 0. The summed E-state index contributed by atoms with van der Waals surface area (Å²) in [4.78, 5) is 14.5. The molecule has 1 aliphatic rings. The predicted octanol–water partition coefficient (Wildman–Crippen LogP) is 4.00. The van der Waals surface area contributed by atoms with Gasteiger partial charge in [-0.2, -0.15) is 0 Å². The molecule has 2 N–H and O–H groups in total. The van der Waals surface area contributed by atoms with Gasteiger partial charge in [0.25, 0.3) is 0 Å². The quantitative estimate of drug-likeness (QED) is 0.698. The Hall–Kier alpha value is -1.35. The van der Waals surface area contributed by atoms with Gasteiger partial charge in [-0.25, -0.2) is 0 Å². The summed E-state index contributed by atoms with van der Waals surface area (Å²) in [5, 5.41) is 0. The molecule has 0 aromatic heterocycles. The number of nitrogens with two attached hydrogens (primary N) is 1. The molecule has 0 heterocycles. The zero-order valence-corrected chi connectivity index (χ0v) is 13.2. The predicted molar refractivity (Wildman–Crippen MR) is 88.2 cm³/mol. The van der Waals surface area contributed by atoms with Crippen LogP contribution in [0.5, 0.6) is 0 Å². The van der Waals surface area contributed by atoms with Gasteiger partial charge in [0.05, 0.1) is 0 Å². The molecular weight excluding hydrogens is 260 g/mol. The molecule has 2 rings (SSSR count). The van der Waals surface area contributed by atoms with Crippen molar-refractivity contribution in [3.8, 4) is 0 Å². The van der Waals surface area contributed by atoms with E-state index in [1.54, 1.807) is 0 Å². The molecule has 1 saturated carbocycles. The summed E-state index contributed by atoms with van der Waals surface area (Å²) in [6, 6.07) is 8.56. The zero-order valence-electron chi connectivity index (χ0n) is 13.2. The minimum absolute atomic E-state index is 0.287. The lowest BCUT2D eigenvalue weighted by Gasteiger charge is -2.23. The smallest absolute Gasteiger partial charge is 0.227 e. The van der Waals surface area contributed by atoms with Crippen molar-refractivity contribution in [3.05, 3.63) is 29.8 Å². The Morgan fingerprint density at radius 3 is 2.38 bits per heavy atom. The van der Waals surface area contributed by atoms with Crippen LogP contribution < -0.4 is 10.6 Å². The summed E-state index contributed by atoms with van der Waals surface area (Å²) in [7, 11) is 0. The molecule has 1 aromatic carbocycles. The lowest BCUT2D eigenvalue weighted by atomic mass is 10.1. The second kappa shape index (κ2) is 8.18. The summed E-state index contributed by atoms with van der Waals surface area (Å²) in [6.45, 7) is 2.76. The Bertz CT molecular complexity index is 437. The third-order valence-corrected chi connectivity index (χ3v) is 4.13. The Labute approximate surface area is 128 Å². The molecule has 1 aromatic rings. The minimum Gasteiger partial charge on any atom is -0.326 e. The highest BCUT2D eigenvalue weighted by Crippen LogP contribution is 2.32. The molecule has 1 aliphatic carbocycles. The number of carbonyl (C=O) groups is 1. The SMILES string of the molecule is CCCCCCCC(=O)N(c1ccc(CN)cc1)C1CC1. The van der Waals surface area contributed by atoms with Crippen LogP contribution in [0.25, 0.3) is 0 Å². The fourth-order valence-electron chi connectivity index (χ4n) is 2.68. The summed E-state index contributed by atoms with van der Waals surface area (Å²) in [5.41, 5.74) is 7.78. The number of rotatable bonds is 9. The second-order valence-corrected chi connectivity index (χ2v) is 6.03.